The molecule has 0 unspecified atom stereocenters. The monoisotopic (exact) mass is 433 g/mol. The summed E-state index contributed by atoms with van der Waals surface area (Å²) in [5, 5.41) is 0.706. The maximum Gasteiger partial charge on any atom is 0.251 e. The molecule has 0 radical (unpaired) electrons. The van der Waals surface area contributed by atoms with Gasteiger partial charge in [0, 0.05) is 26.2 Å². The van der Waals surface area contributed by atoms with E-state index in [0.717, 1.165) is 24.5 Å². The minimum absolute atomic E-state index is 0.174. The molecule has 2 amide bonds. The van der Waals surface area contributed by atoms with Gasteiger partial charge in [0.2, 0.25) is 5.91 Å². The van der Waals surface area contributed by atoms with Crippen LogP contribution in [0, 0.1) is 0 Å². The fraction of sp³-hybridized carbons (Fsp3) is 0.333. The molecule has 0 aromatic heterocycles. The molecule has 2 heterocycles. The van der Waals surface area contributed by atoms with Crippen molar-refractivity contribution in [2.24, 2.45) is 0 Å². The van der Waals surface area contributed by atoms with Crippen molar-refractivity contribution in [3.05, 3.63) is 52.5 Å². The van der Waals surface area contributed by atoms with Crippen LogP contribution in [-0.2, 0) is 9.59 Å². The van der Waals surface area contributed by atoms with Crippen molar-refractivity contribution >= 4 is 46.4 Å². The lowest BCUT2D eigenvalue weighted by Gasteiger charge is -2.38. The first kappa shape index (κ1) is 20.0. The highest BCUT2D eigenvalue weighted by molar-refractivity contribution is 6.42. The van der Waals surface area contributed by atoms with Crippen LogP contribution in [0.1, 0.15) is 6.42 Å². The molecule has 0 bridgehead atoms. The average Bonchev–Trinajstić information content (AvgIpc) is 3.04. The molecule has 4 rings (SSSR count). The molecule has 1 atom stereocenters. The molecule has 0 spiro atoms. The minimum Gasteiger partial charge on any atom is -0.495 e. The van der Waals surface area contributed by atoms with E-state index in [4.69, 9.17) is 27.9 Å². The topological polar surface area (TPSA) is 53.1 Å². The number of amides is 2. The van der Waals surface area contributed by atoms with Gasteiger partial charge in [-0.25, -0.2) is 4.90 Å². The number of carbonyl (C=O) groups excluding carboxylic acids is 2. The lowest BCUT2D eigenvalue weighted by atomic mass is 10.1. The van der Waals surface area contributed by atoms with Crippen molar-refractivity contribution in [2.45, 2.75) is 12.5 Å². The molecule has 0 saturated carbocycles. The third-order valence-corrected chi connectivity index (χ3v) is 6.20. The molecule has 2 aliphatic rings. The maximum atomic E-state index is 13.0. The van der Waals surface area contributed by atoms with E-state index in [1.165, 1.54) is 4.90 Å². The van der Waals surface area contributed by atoms with Gasteiger partial charge in [-0.1, -0.05) is 35.3 Å². The van der Waals surface area contributed by atoms with Gasteiger partial charge in [0.1, 0.15) is 5.75 Å². The number of rotatable bonds is 4. The van der Waals surface area contributed by atoms with E-state index in [2.05, 4.69) is 9.80 Å². The number of ether oxygens (including phenoxy) is 1. The number of imide groups is 1. The number of hydrogen-bond donors (Lipinski definition) is 0. The van der Waals surface area contributed by atoms with Crippen LogP contribution in [0.2, 0.25) is 10.0 Å². The Morgan fingerprint density at radius 1 is 0.966 bits per heavy atom. The summed E-state index contributed by atoms with van der Waals surface area (Å²) in [4.78, 5) is 31.1. The Bertz CT molecular complexity index is 945. The summed E-state index contributed by atoms with van der Waals surface area (Å²) in [6.45, 7) is 2.89. The summed E-state index contributed by atoms with van der Waals surface area (Å²) in [7, 11) is 1.66. The highest BCUT2D eigenvalue weighted by atomic mass is 35.5. The predicted molar refractivity (Wildman–Crippen MR) is 114 cm³/mol. The standard InChI is InChI=1S/C21H21Cl2N3O3/c1-29-19-5-3-2-4-17(19)24-8-10-25(11-9-24)18-13-20(27)26(21(18)28)14-6-7-15(22)16(23)12-14/h2-7,12,18H,8-11,13H2,1H3/t18-/m1/s1. The SMILES string of the molecule is COc1ccccc1N1CCN([C@@H]2CC(=O)N(c3ccc(Cl)c(Cl)c3)C2=O)CC1. The summed E-state index contributed by atoms with van der Waals surface area (Å²) in [6.07, 6.45) is 0.174. The van der Waals surface area contributed by atoms with Crippen molar-refractivity contribution < 1.29 is 14.3 Å². The molecular weight excluding hydrogens is 413 g/mol. The molecule has 2 aromatic carbocycles. The predicted octanol–water partition coefficient (Wildman–Crippen LogP) is 3.46. The summed E-state index contributed by atoms with van der Waals surface area (Å²) >= 11 is 12.0. The van der Waals surface area contributed by atoms with Gasteiger partial charge in [-0.15, -0.1) is 0 Å². The highest BCUT2D eigenvalue weighted by Gasteiger charge is 2.43. The second-order valence-electron chi connectivity index (χ2n) is 7.08. The normalized spacial score (nSPS) is 20.4. The molecule has 152 valence electrons. The van der Waals surface area contributed by atoms with E-state index in [1.807, 2.05) is 24.3 Å². The van der Waals surface area contributed by atoms with Crippen LogP contribution in [0.4, 0.5) is 11.4 Å². The van der Waals surface area contributed by atoms with Crippen molar-refractivity contribution in [1.29, 1.82) is 0 Å². The maximum absolute atomic E-state index is 13.0. The van der Waals surface area contributed by atoms with Gasteiger partial charge < -0.3 is 9.64 Å². The Balaban J connectivity index is 1.46. The molecule has 6 nitrogen and oxygen atoms in total. The Morgan fingerprint density at radius 3 is 2.38 bits per heavy atom. The van der Waals surface area contributed by atoms with Crippen LogP contribution in [-0.4, -0.2) is 56.0 Å². The number of para-hydroxylation sites is 2. The molecule has 0 aliphatic carbocycles. The van der Waals surface area contributed by atoms with Crippen molar-refractivity contribution in [2.75, 3.05) is 43.1 Å². The van der Waals surface area contributed by atoms with Crippen molar-refractivity contribution in [3.8, 4) is 5.75 Å². The van der Waals surface area contributed by atoms with Gasteiger partial charge in [0.15, 0.2) is 0 Å². The number of hydrogen-bond acceptors (Lipinski definition) is 5. The van der Waals surface area contributed by atoms with Gasteiger partial charge in [-0.05, 0) is 30.3 Å². The number of anilines is 2. The fourth-order valence-electron chi connectivity index (χ4n) is 3.96. The molecule has 2 aliphatic heterocycles. The quantitative estimate of drug-likeness (QED) is 0.691. The minimum atomic E-state index is -0.447. The molecule has 2 aromatic rings. The molecule has 2 saturated heterocycles. The molecule has 8 heteroatoms. The summed E-state index contributed by atoms with van der Waals surface area (Å²) in [5.74, 6) is 0.406. The van der Waals surface area contributed by atoms with Gasteiger partial charge in [0.05, 0.1) is 41.0 Å². The third-order valence-electron chi connectivity index (χ3n) is 5.47. The number of halogens is 2. The van der Waals surface area contributed by atoms with Gasteiger partial charge in [-0.3, -0.25) is 14.5 Å². The lowest BCUT2D eigenvalue weighted by Crippen LogP contribution is -2.52. The second kappa shape index (κ2) is 8.22. The van der Waals surface area contributed by atoms with E-state index in [9.17, 15) is 9.59 Å². The summed E-state index contributed by atoms with van der Waals surface area (Å²) in [5.41, 5.74) is 1.51. The largest absolute Gasteiger partial charge is 0.495 e. The van der Waals surface area contributed by atoms with Crippen LogP contribution in [0.3, 0.4) is 0 Å². The first-order valence-corrected chi connectivity index (χ1v) is 10.2. The Hall–Kier alpha value is -2.28. The first-order chi connectivity index (χ1) is 14.0. The molecule has 29 heavy (non-hydrogen) atoms. The summed E-state index contributed by atoms with van der Waals surface area (Å²) < 4.78 is 5.46. The van der Waals surface area contributed by atoms with Crippen molar-refractivity contribution in [3.63, 3.8) is 0 Å². The fourth-order valence-corrected chi connectivity index (χ4v) is 4.25. The second-order valence-corrected chi connectivity index (χ2v) is 7.89. The highest BCUT2D eigenvalue weighted by Crippen LogP contribution is 2.33. The van der Waals surface area contributed by atoms with E-state index < -0.39 is 6.04 Å². The van der Waals surface area contributed by atoms with E-state index >= 15 is 0 Å². The zero-order chi connectivity index (χ0) is 20.5. The Kier molecular flexibility index (Phi) is 5.67. The Morgan fingerprint density at radius 2 is 1.69 bits per heavy atom. The first-order valence-electron chi connectivity index (χ1n) is 9.43. The van der Waals surface area contributed by atoms with Gasteiger partial charge in [0.25, 0.3) is 5.91 Å². The number of carbonyl (C=O) groups is 2. The van der Waals surface area contributed by atoms with E-state index in [1.54, 1.807) is 25.3 Å². The Labute approximate surface area is 179 Å². The van der Waals surface area contributed by atoms with E-state index in [-0.39, 0.29) is 18.2 Å². The zero-order valence-electron chi connectivity index (χ0n) is 16.0. The van der Waals surface area contributed by atoms with Crippen LogP contribution in [0.25, 0.3) is 0 Å². The van der Waals surface area contributed by atoms with Crippen LogP contribution >= 0.6 is 23.2 Å². The van der Waals surface area contributed by atoms with Gasteiger partial charge in [-0.2, -0.15) is 0 Å². The number of nitrogens with zero attached hydrogens (tertiary/aromatic N) is 3. The van der Waals surface area contributed by atoms with Crippen molar-refractivity contribution in [1.82, 2.24) is 4.90 Å². The molecule has 0 N–H and O–H groups in total. The van der Waals surface area contributed by atoms with Crippen LogP contribution in [0.5, 0.6) is 5.75 Å². The third kappa shape index (κ3) is 3.80. The smallest absolute Gasteiger partial charge is 0.251 e. The zero-order valence-corrected chi connectivity index (χ0v) is 17.5. The van der Waals surface area contributed by atoms with Crippen LogP contribution in [0.15, 0.2) is 42.5 Å². The van der Waals surface area contributed by atoms with Crippen LogP contribution < -0.4 is 14.5 Å². The number of benzene rings is 2. The lowest BCUT2D eigenvalue weighted by molar-refractivity contribution is -0.123. The number of piperazine rings is 1. The summed E-state index contributed by atoms with van der Waals surface area (Å²) in [6, 6.07) is 12.3. The number of methoxy groups -OCH3 is 1. The van der Waals surface area contributed by atoms with Gasteiger partial charge >= 0.3 is 0 Å². The van der Waals surface area contributed by atoms with E-state index in [0.29, 0.717) is 28.8 Å². The average molecular weight is 434 g/mol. The molecular formula is C21H21Cl2N3O3. The molecule has 2 fully saturated rings.